The Morgan fingerprint density at radius 2 is 2.18 bits per heavy atom. The maximum atomic E-state index is 12.2. The number of nitro groups is 1. The molecule has 1 aromatic carbocycles. The molecule has 1 unspecified atom stereocenters. The number of nitrogens with zero attached hydrogens (tertiary/aromatic N) is 1. The van der Waals surface area contributed by atoms with E-state index in [0.717, 1.165) is 19.4 Å². The maximum absolute atomic E-state index is 12.2. The predicted octanol–water partition coefficient (Wildman–Crippen LogP) is 2.37. The molecule has 1 fully saturated rings. The van der Waals surface area contributed by atoms with Crippen LogP contribution in [-0.4, -0.2) is 30.0 Å². The number of nitrogens with one attached hydrogen (secondary N) is 2. The van der Waals surface area contributed by atoms with Gasteiger partial charge in [-0.3, -0.25) is 14.9 Å². The average Bonchev–Trinajstić information content (AvgIpc) is 2.96. The van der Waals surface area contributed by atoms with Gasteiger partial charge in [-0.15, -0.1) is 0 Å². The fraction of sp³-hybridized carbons (Fsp3) is 0.562. The smallest absolute Gasteiger partial charge is 0.273 e. The van der Waals surface area contributed by atoms with Crippen LogP contribution < -0.4 is 10.6 Å². The molecule has 1 heterocycles. The Bertz CT molecular complexity index is 572. The molecule has 6 nitrogen and oxygen atoms in total. The van der Waals surface area contributed by atoms with E-state index in [4.69, 9.17) is 0 Å². The summed E-state index contributed by atoms with van der Waals surface area (Å²) in [4.78, 5) is 23.0. The van der Waals surface area contributed by atoms with Crippen LogP contribution in [0.25, 0.3) is 0 Å². The van der Waals surface area contributed by atoms with Gasteiger partial charge in [-0.2, -0.15) is 0 Å². The molecule has 0 bridgehead atoms. The molecule has 1 aliphatic heterocycles. The molecule has 2 rings (SSSR count). The summed E-state index contributed by atoms with van der Waals surface area (Å²) in [5.74, 6) is -0.266. The number of carbonyl (C=O) groups excluding carboxylic acids is 1. The minimum atomic E-state index is -0.421. The van der Waals surface area contributed by atoms with Gasteiger partial charge in [0.15, 0.2) is 0 Å². The topological polar surface area (TPSA) is 84.3 Å². The van der Waals surface area contributed by atoms with E-state index in [9.17, 15) is 14.9 Å². The van der Waals surface area contributed by atoms with E-state index in [-0.39, 0.29) is 17.0 Å². The summed E-state index contributed by atoms with van der Waals surface area (Å²) < 4.78 is 0. The molecular formula is C16H23N3O3. The van der Waals surface area contributed by atoms with Gasteiger partial charge in [0.1, 0.15) is 0 Å². The molecular weight excluding hydrogens is 282 g/mol. The molecule has 1 saturated heterocycles. The molecule has 0 aromatic heterocycles. The van der Waals surface area contributed by atoms with E-state index >= 15 is 0 Å². The highest BCUT2D eigenvalue weighted by Crippen LogP contribution is 2.31. The van der Waals surface area contributed by atoms with Gasteiger partial charge >= 0.3 is 0 Å². The zero-order valence-electron chi connectivity index (χ0n) is 13.3. The summed E-state index contributed by atoms with van der Waals surface area (Å²) in [6.45, 7) is 7.28. The van der Waals surface area contributed by atoms with E-state index in [0.29, 0.717) is 23.7 Å². The van der Waals surface area contributed by atoms with E-state index < -0.39 is 4.92 Å². The molecule has 1 aromatic rings. The van der Waals surface area contributed by atoms with Gasteiger partial charge < -0.3 is 10.6 Å². The molecule has 1 aliphatic rings. The summed E-state index contributed by atoms with van der Waals surface area (Å²) in [5.41, 5.74) is 0.619. The Morgan fingerprint density at radius 3 is 2.73 bits per heavy atom. The molecule has 0 aliphatic carbocycles. The Morgan fingerprint density at radius 1 is 1.45 bits per heavy atom. The average molecular weight is 305 g/mol. The first kappa shape index (κ1) is 16.4. The van der Waals surface area contributed by atoms with Gasteiger partial charge in [-0.05, 0) is 30.9 Å². The third kappa shape index (κ3) is 3.82. The number of hydrogen-bond acceptors (Lipinski definition) is 4. The maximum Gasteiger partial charge on any atom is 0.273 e. The molecule has 22 heavy (non-hydrogen) atoms. The first-order valence-electron chi connectivity index (χ1n) is 7.59. The fourth-order valence-corrected chi connectivity index (χ4v) is 2.71. The van der Waals surface area contributed by atoms with E-state index in [1.807, 2.05) is 20.8 Å². The largest absolute Gasteiger partial charge is 0.350 e. The summed E-state index contributed by atoms with van der Waals surface area (Å²) in [6.07, 6.45) is 2.16. The standard InChI is InChI=1S/C16H23N3O3/c1-16(2,3)13-7-6-11(9-14(13)19(21)22)15(20)18-10-12-5-4-8-17-12/h6-7,9,12,17H,4-5,8,10H2,1-3H3,(H,18,20). The lowest BCUT2D eigenvalue weighted by atomic mass is 9.85. The van der Waals surface area contributed by atoms with Crippen LogP contribution >= 0.6 is 0 Å². The van der Waals surface area contributed by atoms with Gasteiger partial charge in [0.25, 0.3) is 11.6 Å². The number of carbonyl (C=O) groups is 1. The predicted molar refractivity (Wildman–Crippen MR) is 85.2 cm³/mol. The highest BCUT2D eigenvalue weighted by Gasteiger charge is 2.26. The molecule has 6 heteroatoms. The molecule has 0 spiro atoms. The van der Waals surface area contributed by atoms with Gasteiger partial charge in [-0.25, -0.2) is 0 Å². The van der Waals surface area contributed by atoms with E-state index in [1.54, 1.807) is 12.1 Å². The Balaban J connectivity index is 2.15. The van der Waals surface area contributed by atoms with Crippen molar-refractivity contribution in [1.29, 1.82) is 0 Å². The summed E-state index contributed by atoms with van der Waals surface area (Å²) in [7, 11) is 0. The van der Waals surface area contributed by atoms with Crippen LogP contribution in [0.1, 0.15) is 49.5 Å². The number of nitro benzene ring substituents is 1. The lowest BCUT2D eigenvalue weighted by Gasteiger charge is -2.19. The van der Waals surface area contributed by atoms with Crippen LogP contribution in [-0.2, 0) is 5.41 Å². The van der Waals surface area contributed by atoms with E-state index in [1.165, 1.54) is 6.07 Å². The number of amides is 1. The van der Waals surface area contributed by atoms with Gasteiger partial charge in [0.05, 0.1) is 4.92 Å². The Kier molecular flexibility index (Phi) is 4.81. The monoisotopic (exact) mass is 305 g/mol. The van der Waals surface area contributed by atoms with Crippen LogP contribution in [0.3, 0.4) is 0 Å². The summed E-state index contributed by atoms with van der Waals surface area (Å²) >= 11 is 0. The van der Waals surface area contributed by atoms with Crippen LogP contribution in [0, 0.1) is 10.1 Å². The molecule has 120 valence electrons. The molecule has 1 atom stereocenters. The third-order valence-corrected chi connectivity index (χ3v) is 3.94. The van der Waals surface area contributed by atoms with Crippen molar-refractivity contribution in [1.82, 2.24) is 10.6 Å². The van der Waals surface area contributed by atoms with Crippen LogP contribution in [0.2, 0.25) is 0 Å². The first-order valence-corrected chi connectivity index (χ1v) is 7.59. The second-order valence-corrected chi connectivity index (χ2v) is 6.74. The van der Waals surface area contributed by atoms with E-state index in [2.05, 4.69) is 10.6 Å². The minimum Gasteiger partial charge on any atom is -0.350 e. The lowest BCUT2D eigenvalue weighted by Crippen LogP contribution is -2.37. The second kappa shape index (κ2) is 6.44. The quantitative estimate of drug-likeness (QED) is 0.660. The van der Waals surface area contributed by atoms with Crippen molar-refractivity contribution >= 4 is 11.6 Å². The normalized spacial score (nSPS) is 18.2. The number of benzene rings is 1. The van der Waals surface area contributed by atoms with Crippen molar-refractivity contribution in [2.75, 3.05) is 13.1 Å². The SMILES string of the molecule is CC(C)(C)c1ccc(C(=O)NCC2CCCN2)cc1[N+](=O)[O-]. The Hall–Kier alpha value is -1.95. The van der Waals surface area contributed by atoms with Gasteiger partial charge in [0, 0.05) is 29.8 Å². The molecule has 1 amide bonds. The van der Waals surface area contributed by atoms with Crippen molar-refractivity contribution in [3.63, 3.8) is 0 Å². The first-order chi connectivity index (χ1) is 10.3. The number of rotatable bonds is 4. The molecule has 0 radical (unpaired) electrons. The fourth-order valence-electron chi connectivity index (χ4n) is 2.71. The number of hydrogen-bond donors (Lipinski definition) is 2. The highest BCUT2D eigenvalue weighted by atomic mass is 16.6. The van der Waals surface area contributed by atoms with Crippen LogP contribution in [0.4, 0.5) is 5.69 Å². The lowest BCUT2D eigenvalue weighted by molar-refractivity contribution is -0.386. The van der Waals surface area contributed by atoms with Crippen LogP contribution in [0.5, 0.6) is 0 Å². The second-order valence-electron chi connectivity index (χ2n) is 6.74. The zero-order chi connectivity index (χ0) is 16.3. The van der Waals surface area contributed by atoms with Gasteiger partial charge in [0.2, 0.25) is 0 Å². The summed E-state index contributed by atoms with van der Waals surface area (Å²) in [6, 6.07) is 5.01. The summed E-state index contributed by atoms with van der Waals surface area (Å²) in [5, 5.41) is 17.4. The van der Waals surface area contributed by atoms with Crippen molar-refractivity contribution in [3.8, 4) is 0 Å². The van der Waals surface area contributed by atoms with Crippen molar-refractivity contribution in [3.05, 3.63) is 39.4 Å². The molecule has 0 saturated carbocycles. The minimum absolute atomic E-state index is 0.000795. The Labute approximate surface area is 130 Å². The van der Waals surface area contributed by atoms with Crippen molar-refractivity contribution in [2.24, 2.45) is 0 Å². The molecule has 2 N–H and O–H groups in total. The highest BCUT2D eigenvalue weighted by molar-refractivity contribution is 5.95. The van der Waals surface area contributed by atoms with Gasteiger partial charge in [-0.1, -0.05) is 26.8 Å². The van der Waals surface area contributed by atoms with Crippen molar-refractivity contribution < 1.29 is 9.72 Å². The zero-order valence-corrected chi connectivity index (χ0v) is 13.3. The third-order valence-electron chi connectivity index (χ3n) is 3.94. The van der Waals surface area contributed by atoms with Crippen LogP contribution in [0.15, 0.2) is 18.2 Å². The van der Waals surface area contributed by atoms with Crippen molar-refractivity contribution in [2.45, 2.75) is 45.1 Å².